The summed E-state index contributed by atoms with van der Waals surface area (Å²) in [4.78, 5) is 27.1. The van der Waals surface area contributed by atoms with Gasteiger partial charge in [-0.2, -0.15) is 0 Å². The third-order valence-corrected chi connectivity index (χ3v) is 3.29. The molecule has 2 N–H and O–H groups in total. The van der Waals surface area contributed by atoms with E-state index in [1.54, 1.807) is 13.8 Å². The molecular weight excluding hydrogens is 256 g/mol. The number of carboxylic acids is 1. The maximum Gasteiger partial charge on any atom is 0.329 e. The summed E-state index contributed by atoms with van der Waals surface area (Å²) in [5.41, 5.74) is -1.04. The van der Waals surface area contributed by atoms with Crippen molar-refractivity contribution >= 4 is 23.5 Å². The summed E-state index contributed by atoms with van der Waals surface area (Å²) in [5.74, 6) is -1.56. The zero-order chi connectivity index (χ0) is 13.8. The first-order valence-corrected chi connectivity index (χ1v) is 6.00. The highest BCUT2D eigenvalue weighted by Crippen LogP contribution is 2.19. The average Bonchev–Trinajstić information content (AvgIpc) is 2.36. The van der Waals surface area contributed by atoms with Crippen molar-refractivity contribution in [2.24, 2.45) is 0 Å². The number of nitrogens with one attached hydrogen (secondary N) is 1. The van der Waals surface area contributed by atoms with Gasteiger partial charge >= 0.3 is 5.97 Å². The Morgan fingerprint density at radius 2 is 2.06 bits per heavy atom. The molecule has 0 bridgehead atoms. The Balaban J connectivity index is 3.00. The predicted molar refractivity (Wildman–Crippen MR) is 67.7 cm³/mol. The van der Waals surface area contributed by atoms with Crippen LogP contribution in [0.15, 0.2) is 18.5 Å². The van der Waals surface area contributed by atoms with Crippen molar-refractivity contribution in [2.75, 3.05) is 0 Å². The molecule has 0 aliphatic rings. The van der Waals surface area contributed by atoms with E-state index < -0.39 is 17.4 Å². The summed E-state index contributed by atoms with van der Waals surface area (Å²) < 4.78 is 0. The second-order valence-corrected chi connectivity index (χ2v) is 4.31. The van der Waals surface area contributed by atoms with Crippen molar-refractivity contribution < 1.29 is 14.7 Å². The van der Waals surface area contributed by atoms with Gasteiger partial charge in [0.2, 0.25) is 0 Å². The molecule has 1 amide bonds. The molecule has 0 fully saturated rings. The number of aliphatic carboxylic acids is 1. The number of amides is 1. The quantitative estimate of drug-likeness (QED) is 0.859. The van der Waals surface area contributed by atoms with Gasteiger partial charge in [0, 0.05) is 12.4 Å². The number of carbonyl (C=O) groups excluding carboxylic acids is 1. The van der Waals surface area contributed by atoms with Crippen LogP contribution >= 0.6 is 11.6 Å². The first-order chi connectivity index (χ1) is 8.46. The summed E-state index contributed by atoms with van der Waals surface area (Å²) in [6, 6.07) is 1.45. The third-order valence-electron chi connectivity index (χ3n) is 2.99. The van der Waals surface area contributed by atoms with E-state index in [-0.39, 0.29) is 10.6 Å². The molecule has 5 nitrogen and oxygen atoms in total. The van der Waals surface area contributed by atoms with Crippen LogP contribution in [-0.2, 0) is 4.79 Å². The minimum Gasteiger partial charge on any atom is -0.480 e. The maximum absolute atomic E-state index is 12.0. The van der Waals surface area contributed by atoms with Crippen molar-refractivity contribution in [3.05, 3.63) is 29.0 Å². The van der Waals surface area contributed by atoms with Crippen molar-refractivity contribution in [3.8, 4) is 0 Å². The molecule has 0 atom stereocenters. The molecule has 0 aliphatic carbocycles. The fraction of sp³-hybridized carbons (Fsp3) is 0.417. The molecule has 1 rings (SSSR count). The van der Waals surface area contributed by atoms with E-state index in [4.69, 9.17) is 11.6 Å². The smallest absolute Gasteiger partial charge is 0.329 e. The van der Waals surface area contributed by atoms with Gasteiger partial charge in [-0.25, -0.2) is 4.79 Å². The van der Waals surface area contributed by atoms with Gasteiger partial charge in [0.25, 0.3) is 5.91 Å². The highest BCUT2D eigenvalue weighted by atomic mass is 35.5. The second kappa shape index (κ2) is 5.82. The lowest BCUT2D eigenvalue weighted by Gasteiger charge is -2.28. The molecule has 0 aromatic carbocycles. The van der Waals surface area contributed by atoms with Crippen LogP contribution in [0.3, 0.4) is 0 Å². The second-order valence-electron chi connectivity index (χ2n) is 3.90. The summed E-state index contributed by atoms with van der Waals surface area (Å²) in [6.45, 7) is 3.43. The van der Waals surface area contributed by atoms with Gasteiger partial charge in [0.1, 0.15) is 5.54 Å². The van der Waals surface area contributed by atoms with Crippen molar-refractivity contribution in [3.63, 3.8) is 0 Å². The van der Waals surface area contributed by atoms with Gasteiger partial charge in [-0.3, -0.25) is 9.78 Å². The van der Waals surface area contributed by atoms with E-state index in [1.807, 2.05) is 0 Å². The molecule has 0 spiro atoms. The molecule has 6 heteroatoms. The van der Waals surface area contributed by atoms with E-state index >= 15 is 0 Å². The Labute approximate surface area is 110 Å². The standard InChI is InChI=1S/C12H15ClN2O3/c1-3-12(4-2,11(17)18)15-10(16)8-5-6-14-7-9(8)13/h5-7H,3-4H2,1-2H3,(H,15,16)(H,17,18). The molecule has 0 saturated heterocycles. The lowest BCUT2D eigenvalue weighted by Crippen LogP contribution is -2.53. The Bertz CT molecular complexity index is 458. The topological polar surface area (TPSA) is 79.3 Å². The Morgan fingerprint density at radius 3 is 2.50 bits per heavy atom. The van der Waals surface area contributed by atoms with Crippen LogP contribution in [0.25, 0.3) is 0 Å². The minimum atomic E-state index is -1.26. The van der Waals surface area contributed by atoms with Gasteiger partial charge in [0.15, 0.2) is 0 Å². The number of hydrogen-bond acceptors (Lipinski definition) is 3. The van der Waals surface area contributed by atoms with Gasteiger partial charge in [-0.15, -0.1) is 0 Å². The molecular formula is C12H15ClN2O3. The number of pyridine rings is 1. The normalized spacial score (nSPS) is 11.1. The zero-order valence-corrected chi connectivity index (χ0v) is 11.0. The molecule has 0 unspecified atom stereocenters. The van der Waals surface area contributed by atoms with Gasteiger partial charge in [-0.05, 0) is 18.9 Å². The van der Waals surface area contributed by atoms with E-state index in [9.17, 15) is 14.7 Å². The average molecular weight is 271 g/mol. The Hall–Kier alpha value is -1.62. The molecule has 1 aromatic rings. The van der Waals surface area contributed by atoms with Gasteiger partial charge in [0.05, 0.1) is 10.6 Å². The fourth-order valence-electron chi connectivity index (χ4n) is 1.63. The van der Waals surface area contributed by atoms with Crippen LogP contribution in [0.1, 0.15) is 37.0 Å². The fourth-order valence-corrected chi connectivity index (χ4v) is 1.83. The first kappa shape index (κ1) is 14.4. The number of carboxylic acid groups (broad SMARTS) is 1. The monoisotopic (exact) mass is 270 g/mol. The number of hydrogen-bond donors (Lipinski definition) is 2. The molecule has 0 radical (unpaired) electrons. The van der Waals surface area contributed by atoms with Gasteiger partial charge in [-0.1, -0.05) is 25.4 Å². The lowest BCUT2D eigenvalue weighted by atomic mass is 9.92. The van der Waals surface area contributed by atoms with Crippen molar-refractivity contribution in [2.45, 2.75) is 32.2 Å². The lowest BCUT2D eigenvalue weighted by molar-refractivity contribution is -0.144. The molecule has 0 saturated carbocycles. The largest absolute Gasteiger partial charge is 0.480 e. The highest BCUT2D eigenvalue weighted by Gasteiger charge is 2.36. The highest BCUT2D eigenvalue weighted by molar-refractivity contribution is 6.33. The zero-order valence-electron chi connectivity index (χ0n) is 10.2. The Kier molecular flexibility index (Phi) is 4.67. The number of nitrogens with zero attached hydrogens (tertiary/aromatic N) is 1. The first-order valence-electron chi connectivity index (χ1n) is 5.62. The van der Waals surface area contributed by atoms with Crippen LogP contribution in [0, 0.1) is 0 Å². The third kappa shape index (κ3) is 2.79. The van der Waals surface area contributed by atoms with E-state index in [0.29, 0.717) is 12.8 Å². The number of aromatic nitrogens is 1. The predicted octanol–water partition coefficient (Wildman–Crippen LogP) is 2.11. The van der Waals surface area contributed by atoms with Crippen LogP contribution in [0.5, 0.6) is 0 Å². The van der Waals surface area contributed by atoms with E-state index in [2.05, 4.69) is 10.3 Å². The summed E-state index contributed by atoms with van der Waals surface area (Å²) in [5, 5.41) is 12.0. The molecule has 98 valence electrons. The van der Waals surface area contributed by atoms with Crippen molar-refractivity contribution in [1.29, 1.82) is 0 Å². The van der Waals surface area contributed by atoms with Crippen LogP contribution in [0.4, 0.5) is 0 Å². The van der Waals surface area contributed by atoms with Crippen LogP contribution < -0.4 is 5.32 Å². The number of halogens is 1. The maximum atomic E-state index is 12.0. The molecule has 18 heavy (non-hydrogen) atoms. The molecule has 1 heterocycles. The van der Waals surface area contributed by atoms with E-state index in [0.717, 1.165) is 0 Å². The van der Waals surface area contributed by atoms with Crippen LogP contribution in [0.2, 0.25) is 5.02 Å². The summed E-state index contributed by atoms with van der Waals surface area (Å²) in [7, 11) is 0. The SMILES string of the molecule is CCC(CC)(NC(=O)c1ccncc1Cl)C(=O)O. The summed E-state index contributed by atoms with van der Waals surface area (Å²) in [6.07, 6.45) is 3.37. The van der Waals surface area contributed by atoms with Gasteiger partial charge < -0.3 is 10.4 Å². The minimum absolute atomic E-state index is 0.196. The molecule has 1 aromatic heterocycles. The summed E-state index contributed by atoms with van der Waals surface area (Å²) >= 11 is 5.84. The van der Waals surface area contributed by atoms with Crippen LogP contribution in [-0.4, -0.2) is 27.5 Å². The van der Waals surface area contributed by atoms with Crippen molar-refractivity contribution in [1.82, 2.24) is 10.3 Å². The molecule has 0 aliphatic heterocycles. The number of carbonyl (C=O) groups is 2. The Morgan fingerprint density at radius 1 is 1.44 bits per heavy atom. The number of rotatable bonds is 5. The van der Waals surface area contributed by atoms with E-state index in [1.165, 1.54) is 18.5 Å².